The third kappa shape index (κ3) is 2.14. The van der Waals surface area contributed by atoms with Crippen LogP contribution < -0.4 is 0 Å². The number of hydrogen-bond acceptors (Lipinski definition) is 6. The fraction of sp³-hybridized carbons (Fsp3) is 0.333. The van der Waals surface area contributed by atoms with E-state index in [1.807, 2.05) is 6.92 Å². The predicted molar refractivity (Wildman–Crippen MR) is 64.5 cm³/mol. The topological polar surface area (TPSA) is 89.6 Å². The van der Waals surface area contributed by atoms with Crippen molar-refractivity contribution in [2.45, 2.75) is 19.8 Å². The highest BCUT2D eigenvalue weighted by atomic mass is 16.5. The van der Waals surface area contributed by atoms with Crippen LogP contribution in [0.25, 0.3) is 5.78 Å². The minimum atomic E-state index is -0.508. The maximum Gasteiger partial charge on any atom is 0.337 e. The van der Waals surface area contributed by atoms with Gasteiger partial charge < -0.3 is 9.84 Å². The zero-order valence-corrected chi connectivity index (χ0v) is 10.3. The summed E-state index contributed by atoms with van der Waals surface area (Å²) in [6.07, 6.45) is 3.98. The molecule has 0 saturated carbocycles. The number of hydrogen-bond donors (Lipinski definition) is 1. The fourth-order valence-electron chi connectivity index (χ4n) is 1.92. The van der Waals surface area contributed by atoms with Gasteiger partial charge in [0.2, 0.25) is 0 Å². The molecule has 0 unspecified atom stereocenters. The van der Waals surface area contributed by atoms with Gasteiger partial charge in [-0.2, -0.15) is 4.98 Å². The zero-order chi connectivity index (χ0) is 13.4. The lowest BCUT2D eigenvalue weighted by atomic mass is 10.1. The van der Waals surface area contributed by atoms with Gasteiger partial charge in [-0.3, -0.25) is 0 Å². The first-order valence-corrected chi connectivity index (χ1v) is 5.89. The number of nitrogens with zero attached hydrogens (tertiary/aromatic N) is 4. The maximum absolute atomic E-state index is 11.6. The molecule has 0 amide bonds. The first-order chi connectivity index (χ1) is 9.13. The first kappa shape index (κ1) is 11.6. The summed E-state index contributed by atoms with van der Waals surface area (Å²) in [5, 5.41) is 13.9. The van der Waals surface area contributed by atoms with Crippen molar-refractivity contribution in [3.63, 3.8) is 0 Å². The molecule has 0 atom stereocenters. The second kappa shape index (κ2) is 4.34. The highest BCUT2D eigenvalue weighted by molar-refractivity contribution is 5.90. The number of ether oxygens (including phenoxy) is 1. The van der Waals surface area contributed by atoms with Gasteiger partial charge in [0.25, 0.3) is 5.78 Å². The number of aliphatic hydroxyl groups is 1. The van der Waals surface area contributed by atoms with E-state index < -0.39 is 5.97 Å². The van der Waals surface area contributed by atoms with Gasteiger partial charge in [-0.05, 0) is 12.5 Å². The number of carbonyl (C=O) groups is 1. The zero-order valence-electron chi connectivity index (χ0n) is 10.3. The van der Waals surface area contributed by atoms with Gasteiger partial charge in [0.05, 0.1) is 12.2 Å². The molecule has 7 heteroatoms. The van der Waals surface area contributed by atoms with Gasteiger partial charge in [-0.25, -0.2) is 14.3 Å². The van der Waals surface area contributed by atoms with Crippen molar-refractivity contribution in [2.24, 2.45) is 0 Å². The second-order valence-electron chi connectivity index (χ2n) is 4.39. The molecule has 0 aliphatic carbocycles. The minimum Gasteiger partial charge on any atom is -0.512 e. The minimum absolute atomic E-state index is 0.0549. The number of aliphatic hydroxyl groups excluding tert-OH is 1. The van der Waals surface area contributed by atoms with Crippen molar-refractivity contribution in [3.8, 4) is 0 Å². The van der Waals surface area contributed by atoms with Crippen LogP contribution in [0.15, 0.2) is 23.7 Å². The molecule has 0 saturated heterocycles. The number of esters is 1. The lowest BCUT2D eigenvalue weighted by Crippen LogP contribution is -2.19. The Labute approximate surface area is 108 Å². The van der Waals surface area contributed by atoms with Crippen molar-refractivity contribution in [3.05, 3.63) is 35.1 Å². The molecule has 0 bridgehead atoms. The predicted octanol–water partition coefficient (Wildman–Crippen LogP) is 0.734. The molecule has 3 rings (SSSR count). The molecular weight excluding hydrogens is 248 g/mol. The van der Waals surface area contributed by atoms with E-state index in [-0.39, 0.29) is 24.4 Å². The third-order valence-electron chi connectivity index (χ3n) is 2.87. The molecule has 98 valence electrons. The van der Waals surface area contributed by atoms with E-state index in [1.54, 1.807) is 16.9 Å². The van der Waals surface area contributed by atoms with Crippen LogP contribution >= 0.6 is 0 Å². The van der Waals surface area contributed by atoms with Crippen LogP contribution in [-0.2, 0) is 16.0 Å². The lowest BCUT2D eigenvalue weighted by Gasteiger charge is -2.14. The van der Waals surface area contributed by atoms with Gasteiger partial charge in [0.15, 0.2) is 5.82 Å². The monoisotopic (exact) mass is 260 g/mol. The lowest BCUT2D eigenvalue weighted by molar-refractivity contribution is -0.140. The summed E-state index contributed by atoms with van der Waals surface area (Å²) < 4.78 is 6.44. The molecule has 2 aromatic rings. The van der Waals surface area contributed by atoms with Crippen LogP contribution in [0.4, 0.5) is 0 Å². The molecule has 0 aromatic carbocycles. The second-order valence-corrected chi connectivity index (χ2v) is 4.39. The molecule has 19 heavy (non-hydrogen) atoms. The molecule has 1 aliphatic rings. The molecule has 1 N–H and O–H groups in total. The van der Waals surface area contributed by atoms with E-state index in [1.165, 1.54) is 0 Å². The van der Waals surface area contributed by atoms with Crippen molar-refractivity contribution < 1.29 is 14.6 Å². The molecule has 7 nitrogen and oxygen atoms in total. The largest absolute Gasteiger partial charge is 0.512 e. The Balaban J connectivity index is 1.95. The van der Waals surface area contributed by atoms with Crippen LogP contribution in [0.5, 0.6) is 0 Å². The Morgan fingerprint density at radius 3 is 3.16 bits per heavy atom. The van der Waals surface area contributed by atoms with Gasteiger partial charge in [-0.1, -0.05) is 0 Å². The maximum atomic E-state index is 11.6. The molecule has 1 aliphatic heterocycles. The Kier molecular flexibility index (Phi) is 2.66. The Bertz CT molecular complexity index is 689. The Morgan fingerprint density at radius 2 is 2.37 bits per heavy atom. The molecule has 0 spiro atoms. The number of aryl methyl sites for hydroxylation is 1. The van der Waals surface area contributed by atoms with Gasteiger partial charge >= 0.3 is 5.97 Å². The summed E-state index contributed by atoms with van der Waals surface area (Å²) in [5.41, 5.74) is 1.18. The van der Waals surface area contributed by atoms with Crippen LogP contribution in [0.2, 0.25) is 0 Å². The van der Waals surface area contributed by atoms with E-state index in [9.17, 15) is 9.90 Å². The number of carbonyl (C=O) groups excluding carboxylic acids is 1. The summed E-state index contributed by atoms with van der Waals surface area (Å²) in [7, 11) is 0. The number of aromatic nitrogens is 4. The van der Waals surface area contributed by atoms with Crippen molar-refractivity contribution in [1.29, 1.82) is 0 Å². The Morgan fingerprint density at radius 1 is 1.53 bits per heavy atom. The summed E-state index contributed by atoms with van der Waals surface area (Å²) in [6.45, 7) is 2.12. The summed E-state index contributed by atoms with van der Waals surface area (Å²) in [5.74, 6) is 0.439. The standard InChI is InChI=1S/C12H12N4O3/c1-7-5-13-12-14-10(15-16(12)6-7)4-8-9(17)2-3-19-11(8)18/h5-6,17H,2-4H2,1H3. The van der Waals surface area contributed by atoms with E-state index in [4.69, 9.17) is 4.74 Å². The van der Waals surface area contributed by atoms with Crippen LogP contribution in [0.1, 0.15) is 17.8 Å². The average molecular weight is 260 g/mol. The van der Waals surface area contributed by atoms with Crippen LogP contribution in [0.3, 0.4) is 0 Å². The highest BCUT2D eigenvalue weighted by Gasteiger charge is 2.23. The van der Waals surface area contributed by atoms with Gasteiger partial charge in [-0.15, -0.1) is 5.10 Å². The van der Waals surface area contributed by atoms with Crippen LogP contribution in [-0.4, -0.2) is 37.3 Å². The normalized spacial score (nSPS) is 15.9. The summed E-state index contributed by atoms with van der Waals surface area (Å²) >= 11 is 0. The number of rotatable bonds is 2. The number of fused-ring (bicyclic) bond motifs is 1. The summed E-state index contributed by atoms with van der Waals surface area (Å²) in [4.78, 5) is 19.9. The van der Waals surface area contributed by atoms with Gasteiger partial charge in [0, 0.05) is 25.2 Å². The Hall–Kier alpha value is -2.44. The van der Waals surface area contributed by atoms with E-state index in [0.29, 0.717) is 18.0 Å². The molecule has 0 radical (unpaired) electrons. The molecule has 2 aromatic heterocycles. The van der Waals surface area contributed by atoms with E-state index in [2.05, 4.69) is 15.1 Å². The third-order valence-corrected chi connectivity index (χ3v) is 2.87. The van der Waals surface area contributed by atoms with Crippen molar-refractivity contribution >= 4 is 11.7 Å². The first-order valence-electron chi connectivity index (χ1n) is 5.89. The average Bonchev–Trinajstić information content (AvgIpc) is 2.75. The van der Waals surface area contributed by atoms with Crippen molar-refractivity contribution in [2.75, 3.05) is 6.61 Å². The molecule has 0 fully saturated rings. The van der Waals surface area contributed by atoms with E-state index >= 15 is 0 Å². The van der Waals surface area contributed by atoms with E-state index in [0.717, 1.165) is 5.56 Å². The van der Waals surface area contributed by atoms with Gasteiger partial charge in [0.1, 0.15) is 5.76 Å². The smallest absolute Gasteiger partial charge is 0.337 e. The highest BCUT2D eigenvalue weighted by Crippen LogP contribution is 2.17. The summed E-state index contributed by atoms with van der Waals surface area (Å²) in [6, 6.07) is 0. The molecular formula is C12H12N4O3. The molecule has 3 heterocycles. The van der Waals surface area contributed by atoms with Crippen molar-refractivity contribution in [1.82, 2.24) is 19.6 Å². The number of cyclic esters (lactones) is 1. The van der Waals surface area contributed by atoms with Crippen LogP contribution in [0, 0.1) is 6.92 Å². The SMILES string of the molecule is Cc1cnc2nc(CC3=C(O)CCOC3=O)nn2c1. The quantitative estimate of drug-likeness (QED) is 0.801. The fourth-order valence-corrected chi connectivity index (χ4v) is 1.92.